The third-order valence-electron chi connectivity index (χ3n) is 6.11. The van der Waals surface area contributed by atoms with E-state index in [-0.39, 0.29) is 23.0 Å². The predicted octanol–water partition coefficient (Wildman–Crippen LogP) is 5.28. The van der Waals surface area contributed by atoms with Crippen molar-refractivity contribution >= 4 is 17.2 Å². The van der Waals surface area contributed by atoms with Gasteiger partial charge in [0.25, 0.3) is 0 Å². The Kier molecular flexibility index (Phi) is 5.79. The van der Waals surface area contributed by atoms with Gasteiger partial charge in [0, 0.05) is 31.1 Å². The van der Waals surface area contributed by atoms with Crippen LogP contribution in [0.5, 0.6) is 0 Å². The fraction of sp³-hybridized carbons (Fsp3) is 0.667. The smallest absolute Gasteiger partial charge is 0.356 e. The van der Waals surface area contributed by atoms with E-state index in [1.807, 2.05) is 4.90 Å². The van der Waals surface area contributed by atoms with Gasteiger partial charge < -0.3 is 4.90 Å². The van der Waals surface area contributed by atoms with Gasteiger partial charge >= 0.3 is 6.18 Å². The molecule has 1 saturated heterocycles. The van der Waals surface area contributed by atoms with Crippen LogP contribution in [0.4, 0.5) is 19.0 Å². The number of piperidine rings is 1. The SMILES string of the molecule is O=C(c1cc2nc(N3CCCCC3)cc(C(F)(F)F)n2n1)C1CCCCCCC1. The topological polar surface area (TPSA) is 50.5 Å². The van der Waals surface area contributed by atoms with Crippen LogP contribution in [0, 0.1) is 5.92 Å². The molecule has 158 valence electrons. The Labute approximate surface area is 168 Å². The first-order valence-electron chi connectivity index (χ1n) is 10.7. The van der Waals surface area contributed by atoms with Gasteiger partial charge in [0.2, 0.25) is 0 Å². The average molecular weight is 408 g/mol. The maximum atomic E-state index is 13.7. The molecule has 2 aromatic heterocycles. The lowest BCUT2D eigenvalue weighted by molar-refractivity contribution is -0.142. The second-order valence-electron chi connectivity index (χ2n) is 8.25. The second-order valence-corrected chi connectivity index (χ2v) is 8.25. The maximum absolute atomic E-state index is 13.7. The summed E-state index contributed by atoms with van der Waals surface area (Å²) < 4.78 is 42.0. The molecule has 2 aromatic rings. The Morgan fingerprint density at radius 3 is 2.21 bits per heavy atom. The van der Waals surface area contributed by atoms with Crippen LogP contribution in [0.15, 0.2) is 12.1 Å². The molecule has 8 heteroatoms. The number of anilines is 1. The largest absolute Gasteiger partial charge is 0.433 e. The summed E-state index contributed by atoms with van der Waals surface area (Å²) in [7, 11) is 0. The van der Waals surface area contributed by atoms with Crippen molar-refractivity contribution in [3.63, 3.8) is 0 Å². The first kappa shape index (κ1) is 20.2. The summed E-state index contributed by atoms with van der Waals surface area (Å²) in [4.78, 5) is 19.3. The molecule has 29 heavy (non-hydrogen) atoms. The number of hydrogen-bond acceptors (Lipinski definition) is 4. The molecule has 0 unspecified atom stereocenters. The summed E-state index contributed by atoms with van der Waals surface area (Å²) in [5, 5.41) is 4.06. The number of rotatable bonds is 3. The monoisotopic (exact) mass is 408 g/mol. The Morgan fingerprint density at radius 2 is 1.55 bits per heavy atom. The van der Waals surface area contributed by atoms with E-state index in [0.717, 1.165) is 68.4 Å². The molecule has 0 bridgehead atoms. The highest BCUT2D eigenvalue weighted by atomic mass is 19.4. The summed E-state index contributed by atoms with van der Waals surface area (Å²) >= 11 is 0. The molecule has 0 spiro atoms. The average Bonchev–Trinajstić information content (AvgIpc) is 3.10. The van der Waals surface area contributed by atoms with Crippen molar-refractivity contribution in [3.8, 4) is 0 Å². The Balaban J connectivity index is 1.70. The van der Waals surface area contributed by atoms with Crippen molar-refractivity contribution in [2.75, 3.05) is 18.0 Å². The molecule has 0 atom stereocenters. The van der Waals surface area contributed by atoms with Gasteiger partial charge in [-0.25, -0.2) is 9.50 Å². The minimum Gasteiger partial charge on any atom is -0.356 e. The normalized spacial score (nSPS) is 19.9. The molecule has 2 fully saturated rings. The number of fused-ring (bicyclic) bond motifs is 1. The van der Waals surface area contributed by atoms with Crippen LogP contribution < -0.4 is 4.90 Å². The van der Waals surface area contributed by atoms with Crippen LogP contribution >= 0.6 is 0 Å². The molecule has 0 N–H and O–H groups in total. The number of nitrogens with zero attached hydrogens (tertiary/aromatic N) is 4. The number of halogens is 3. The summed E-state index contributed by atoms with van der Waals surface area (Å²) in [6.07, 6.45) is 5.32. The van der Waals surface area contributed by atoms with Gasteiger partial charge in [-0.1, -0.05) is 32.1 Å². The highest BCUT2D eigenvalue weighted by Gasteiger charge is 2.36. The third-order valence-corrected chi connectivity index (χ3v) is 6.11. The molecular weight excluding hydrogens is 381 g/mol. The minimum atomic E-state index is -4.57. The predicted molar refractivity (Wildman–Crippen MR) is 104 cm³/mol. The minimum absolute atomic E-state index is 0.0922. The summed E-state index contributed by atoms with van der Waals surface area (Å²) in [6, 6.07) is 2.50. The molecule has 1 aliphatic carbocycles. The molecule has 1 aliphatic heterocycles. The molecule has 0 aromatic carbocycles. The van der Waals surface area contributed by atoms with Crippen molar-refractivity contribution < 1.29 is 18.0 Å². The van der Waals surface area contributed by atoms with Crippen LogP contribution in [-0.2, 0) is 6.18 Å². The first-order chi connectivity index (χ1) is 13.9. The highest BCUT2D eigenvalue weighted by Crippen LogP contribution is 2.33. The van der Waals surface area contributed by atoms with E-state index in [1.165, 1.54) is 12.5 Å². The van der Waals surface area contributed by atoms with Crippen LogP contribution in [0.3, 0.4) is 0 Å². The van der Waals surface area contributed by atoms with E-state index < -0.39 is 11.9 Å². The van der Waals surface area contributed by atoms with E-state index >= 15 is 0 Å². The zero-order chi connectivity index (χ0) is 20.4. The summed E-state index contributed by atoms with van der Waals surface area (Å²) in [5.74, 6) is 0.00976. The number of carbonyl (C=O) groups excluding carboxylic acids is 1. The quantitative estimate of drug-likeness (QED) is 0.648. The lowest BCUT2D eigenvalue weighted by Gasteiger charge is -2.28. The number of ketones is 1. The fourth-order valence-electron chi connectivity index (χ4n) is 4.50. The lowest BCUT2D eigenvalue weighted by atomic mass is 9.87. The van der Waals surface area contributed by atoms with Crippen molar-refractivity contribution in [2.45, 2.75) is 70.4 Å². The molecule has 2 aliphatic rings. The number of aromatic nitrogens is 3. The molecule has 4 rings (SSSR count). The molecular formula is C21H27F3N4O. The van der Waals surface area contributed by atoms with E-state index in [9.17, 15) is 18.0 Å². The maximum Gasteiger partial charge on any atom is 0.433 e. The van der Waals surface area contributed by atoms with Gasteiger partial charge in [-0.15, -0.1) is 0 Å². The van der Waals surface area contributed by atoms with Crippen molar-refractivity contribution in [1.82, 2.24) is 14.6 Å². The van der Waals surface area contributed by atoms with Crippen molar-refractivity contribution in [2.24, 2.45) is 5.92 Å². The summed E-state index contributed by atoms with van der Waals surface area (Å²) in [6.45, 7) is 1.39. The highest BCUT2D eigenvalue weighted by molar-refractivity contribution is 5.97. The van der Waals surface area contributed by atoms with E-state index in [4.69, 9.17) is 0 Å². The third kappa shape index (κ3) is 4.41. The van der Waals surface area contributed by atoms with Crippen LogP contribution in [0.1, 0.15) is 80.4 Å². The number of alkyl halides is 3. The Bertz CT molecular complexity index is 863. The van der Waals surface area contributed by atoms with Crippen LogP contribution in [0.25, 0.3) is 5.65 Å². The molecule has 3 heterocycles. The van der Waals surface area contributed by atoms with E-state index in [0.29, 0.717) is 18.9 Å². The molecule has 1 saturated carbocycles. The van der Waals surface area contributed by atoms with Gasteiger partial charge in [0.1, 0.15) is 11.5 Å². The number of carbonyl (C=O) groups is 1. The first-order valence-corrected chi connectivity index (χ1v) is 10.7. The molecule has 0 radical (unpaired) electrons. The van der Waals surface area contributed by atoms with Gasteiger partial charge in [-0.05, 0) is 32.1 Å². The Morgan fingerprint density at radius 1 is 0.931 bits per heavy atom. The van der Waals surface area contributed by atoms with Crippen LogP contribution in [0.2, 0.25) is 0 Å². The Hall–Kier alpha value is -2.12. The zero-order valence-electron chi connectivity index (χ0n) is 16.5. The van der Waals surface area contributed by atoms with Gasteiger partial charge in [0.05, 0.1) is 0 Å². The van der Waals surface area contributed by atoms with Gasteiger partial charge in [-0.2, -0.15) is 18.3 Å². The van der Waals surface area contributed by atoms with E-state index in [2.05, 4.69) is 10.1 Å². The number of hydrogen-bond donors (Lipinski definition) is 0. The second kappa shape index (κ2) is 8.32. The summed E-state index contributed by atoms with van der Waals surface area (Å²) in [5.41, 5.74) is -0.682. The molecule has 5 nitrogen and oxygen atoms in total. The zero-order valence-corrected chi connectivity index (χ0v) is 16.5. The molecule has 0 amide bonds. The number of Topliss-reactive ketones (excluding diaryl/α,β-unsaturated/α-hetero) is 1. The fourth-order valence-corrected chi connectivity index (χ4v) is 4.50. The van der Waals surface area contributed by atoms with Gasteiger partial charge in [-0.3, -0.25) is 4.79 Å². The van der Waals surface area contributed by atoms with Crippen molar-refractivity contribution in [3.05, 3.63) is 23.5 Å². The van der Waals surface area contributed by atoms with Crippen LogP contribution in [-0.4, -0.2) is 33.5 Å². The van der Waals surface area contributed by atoms with E-state index in [1.54, 1.807) is 0 Å². The lowest BCUT2D eigenvalue weighted by Crippen LogP contribution is -2.31. The standard InChI is InChI=1S/C21H27F3N4O/c22-21(23,24)17-14-18(27-11-7-4-8-12-27)25-19-13-16(26-28(17)19)20(29)15-9-5-2-1-3-6-10-15/h13-15H,1-12H2. The van der Waals surface area contributed by atoms with Crippen molar-refractivity contribution in [1.29, 1.82) is 0 Å². The van der Waals surface area contributed by atoms with Gasteiger partial charge in [0.15, 0.2) is 17.1 Å².